The monoisotopic (exact) mass is 422 g/mol. The minimum Gasteiger partial charge on any atom is -0.469 e. The molecule has 0 saturated carbocycles. The smallest absolute Gasteiger partial charge is 0.308 e. The van der Waals surface area contributed by atoms with E-state index in [1.807, 2.05) is 19.1 Å². The lowest BCUT2D eigenvalue weighted by Gasteiger charge is -2.30. The molecule has 3 rings (SSSR count). The third kappa shape index (κ3) is 4.36. The van der Waals surface area contributed by atoms with Crippen LogP contribution in [0.15, 0.2) is 40.6 Å². The number of carbonyl (C=O) groups is 2. The van der Waals surface area contributed by atoms with Crippen LogP contribution in [0.3, 0.4) is 0 Å². The predicted molar refractivity (Wildman–Crippen MR) is 107 cm³/mol. The number of rotatable bonds is 5. The minimum absolute atomic E-state index is 0.0295. The SMILES string of the molecule is COC(=O)C1CCN(C(=O)c2sccc2S(=O)(=O)Nc2ccc(C)cc2)CC1. The van der Waals surface area contributed by atoms with Gasteiger partial charge in [-0.1, -0.05) is 17.7 Å². The normalized spacial score (nSPS) is 15.3. The fourth-order valence-corrected chi connectivity index (χ4v) is 5.57. The fraction of sp³-hybridized carbons (Fsp3) is 0.368. The van der Waals surface area contributed by atoms with Gasteiger partial charge in [0.15, 0.2) is 0 Å². The van der Waals surface area contributed by atoms with E-state index in [1.165, 1.54) is 13.2 Å². The molecule has 2 heterocycles. The molecule has 0 unspecified atom stereocenters. The predicted octanol–water partition coefficient (Wildman–Crippen LogP) is 2.88. The van der Waals surface area contributed by atoms with Crippen molar-refractivity contribution >= 4 is 38.9 Å². The van der Waals surface area contributed by atoms with Gasteiger partial charge in [0.05, 0.1) is 13.0 Å². The summed E-state index contributed by atoms with van der Waals surface area (Å²) in [6, 6.07) is 8.41. The van der Waals surface area contributed by atoms with Gasteiger partial charge in [-0.25, -0.2) is 8.42 Å². The van der Waals surface area contributed by atoms with E-state index in [4.69, 9.17) is 4.74 Å². The fourth-order valence-electron chi connectivity index (χ4n) is 3.13. The topological polar surface area (TPSA) is 92.8 Å². The van der Waals surface area contributed by atoms with Crippen LogP contribution in [-0.4, -0.2) is 45.4 Å². The molecule has 0 spiro atoms. The summed E-state index contributed by atoms with van der Waals surface area (Å²) in [4.78, 5) is 26.3. The second-order valence-corrected chi connectivity index (χ2v) is 9.24. The average molecular weight is 423 g/mol. The Morgan fingerprint density at radius 2 is 1.79 bits per heavy atom. The first-order valence-electron chi connectivity index (χ1n) is 8.86. The van der Waals surface area contributed by atoms with Gasteiger partial charge in [-0.3, -0.25) is 14.3 Å². The Morgan fingerprint density at radius 3 is 2.39 bits per heavy atom. The largest absolute Gasteiger partial charge is 0.469 e. The molecule has 1 aromatic carbocycles. The van der Waals surface area contributed by atoms with Crippen LogP contribution in [0.1, 0.15) is 28.1 Å². The molecule has 0 atom stereocenters. The highest BCUT2D eigenvalue weighted by Crippen LogP contribution is 2.28. The number of thiophene rings is 1. The number of ether oxygens (including phenoxy) is 1. The molecule has 1 fully saturated rings. The molecule has 0 bridgehead atoms. The van der Waals surface area contributed by atoms with Crippen LogP contribution < -0.4 is 4.72 Å². The van der Waals surface area contributed by atoms with Gasteiger partial charge in [0.25, 0.3) is 15.9 Å². The third-order valence-electron chi connectivity index (χ3n) is 4.73. The number of amides is 1. The van der Waals surface area contributed by atoms with Crippen LogP contribution in [0.5, 0.6) is 0 Å². The maximum absolute atomic E-state index is 12.9. The van der Waals surface area contributed by atoms with Crippen molar-refractivity contribution in [2.24, 2.45) is 5.92 Å². The molecule has 1 saturated heterocycles. The van der Waals surface area contributed by atoms with E-state index < -0.39 is 10.0 Å². The molecule has 0 radical (unpaired) electrons. The summed E-state index contributed by atoms with van der Waals surface area (Å²) < 4.78 is 32.9. The standard InChI is InChI=1S/C19H22N2O5S2/c1-13-3-5-15(6-4-13)20-28(24,25)16-9-12-27-17(16)18(22)21-10-7-14(8-11-21)19(23)26-2/h3-6,9,12,14,20H,7-8,10-11H2,1-2H3. The van der Waals surface area contributed by atoms with E-state index in [0.29, 0.717) is 31.6 Å². The molecular weight excluding hydrogens is 400 g/mol. The molecule has 1 aliphatic rings. The lowest BCUT2D eigenvalue weighted by atomic mass is 9.97. The zero-order valence-corrected chi connectivity index (χ0v) is 17.3. The second kappa shape index (κ2) is 8.32. The Bertz CT molecular complexity index is 958. The van der Waals surface area contributed by atoms with E-state index in [9.17, 15) is 18.0 Å². The molecule has 1 aliphatic heterocycles. The van der Waals surface area contributed by atoms with Crippen molar-refractivity contribution in [1.82, 2.24) is 4.90 Å². The molecule has 1 aromatic heterocycles. The molecule has 150 valence electrons. The number of aryl methyl sites for hydroxylation is 1. The zero-order valence-electron chi connectivity index (χ0n) is 15.7. The van der Waals surface area contributed by atoms with Crippen molar-refractivity contribution < 1.29 is 22.7 Å². The molecule has 1 N–H and O–H groups in total. The van der Waals surface area contributed by atoms with Gasteiger partial charge in [-0.2, -0.15) is 0 Å². The maximum Gasteiger partial charge on any atom is 0.308 e. The van der Waals surface area contributed by atoms with Gasteiger partial charge in [-0.15, -0.1) is 11.3 Å². The number of likely N-dealkylation sites (tertiary alicyclic amines) is 1. The van der Waals surface area contributed by atoms with E-state index in [-0.39, 0.29) is 27.6 Å². The average Bonchev–Trinajstić information content (AvgIpc) is 3.19. The molecule has 9 heteroatoms. The first-order valence-corrected chi connectivity index (χ1v) is 11.2. The van der Waals surface area contributed by atoms with Crippen LogP contribution in [0, 0.1) is 12.8 Å². The lowest BCUT2D eigenvalue weighted by molar-refractivity contribution is -0.146. The second-order valence-electron chi connectivity index (χ2n) is 6.68. The van der Waals surface area contributed by atoms with Gasteiger partial charge >= 0.3 is 5.97 Å². The summed E-state index contributed by atoms with van der Waals surface area (Å²) in [5.41, 5.74) is 1.46. The zero-order chi connectivity index (χ0) is 20.3. The van der Waals surface area contributed by atoms with Crippen LogP contribution in [-0.2, 0) is 19.6 Å². The number of hydrogen-bond donors (Lipinski definition) is 1. The van der Waals surface area contributed by atoms with E-state index in [1.54, 1.807) is 22.4 Å². The summed E-state index contributed by atoms with van der Waals surface area (Å²) in [7, 11) is -2.54. The Labute approximate surface area is 168 Å². The first kappa shape index (κ1) is 20.3. The number of benzene rings is 1. The van der Waals surface area contributed by atoms with Crippen LogP contribution in [0.25, 0.3) is 0 Å². The van der Waals surface area contributed by atoms with Crippen LogP contribution >= 0.6 is 11.3 Å². The quantitative estimate of drug-likeness (QED) is 0.748. The third-order valence-corrected chi connectivity index (χ3v) is 7.19. The van der Waals surface area contributed by atoms with Gasteiger partial charge in [-0.05, 0) is 43.3 Å². The highest BCUT2D eigenvalue weighted by Gasteiger charge is 2.32. The van der Waals surface area contributed by atoms with Crippen molar-refractivity contribution in [1.29, 1.82) is 0 Å². The maximum atomic E-state index is 12.9. The molecule has 0 aliphatic carbocycles. The summed E-state index contributed by atoms with van der Waals surface area (Å²) in [6.07, 6.45) is 1.01. The summed E-state index contributed by atoms with van der Waals surface area (Å²) >= 11 is 1.10. The number of esters is 1. The van der Waals surface area contributed by atoms with Gasteiger partial charge in [0.2, 0.25) is 0 Å². The number of piperidine rings is 1. The van der Waals surface area contributed by atoms with Crippen molar-refractivity contribution in [3.63, 3.8) is 0 Å². The van der Waals surface area contributed by atoms with Crippen molar-refractivity contribution in [2.45, 2.75) is 24.7 Å². The lowest BCUT2D eigenvalue weighted by Crippen LogP contribution is -2.40. The Morgan fingerprint density at radius 1 is 1.14 bits per heavy atom. The molecule has 1 amide bonds. The number of anilines is 1. The Kier molecular flexibility index (Phi) is 6.04. The molecule has 7 nitrogen and oxygen atoms in total. The van der Waals surface area contributed by atoms with Crippen molar-refractivity contribution in [3.8, 4) is 0 Å². The number of methoxy groups -OCH3 is 1. The molecule has 28 heavy (non-hydrogen) atoms. The Hall–Kier alpha value is -2.39. The Balaban J connectivity index is 1.75. The minimum atomic E-state index is -3.89. The van der Waals surface area contributed by atoms with Crippen molar-refractivity contribution in [3.05, 3.63) is 46.2 Å². The van der Waals surface area contributed by atoms with Crippen LogP contribution in [0.4, 0.5) is 5.69 Å². The summed E-state index contributed by atoms with van der Waals surface area (Å²) in [5.74, 6) is -0.819. The highest BCUT2D eigenvalue weighted by molar-refractivity contribution is 7.93. The number of carbonyl (C=O) groups excluding carboxylic acids is 2. The number of sulfonamides is 1. The van der Waals surface area contributed by atoms with E-state index in [2.05, 4.69) is 4.72 Å². The number of nitrogens with zero attached hydrogens (tertiary/aromatic N) is 1. The highest BCUT2D eigenvalue weighted by atomic mass is 32.2. The van der Waals surface area contributed by atoms with Crippen LogP contribution in [0.2, 0.25) is 0 Å². The first-order chi connectivity index (χ1) is 13.3. The van der Waals surface area contributed by atoms with Gasteiger partial charge < -0.3 is 9.64 Å². The summed E-state index contributed by atoms with van der Waals surface area (Å²) in [6.45, 7) is 2.69. The van der Waals surface area contributed by atoms with E-state index >= 15 is 0 Å². The molecule has 2 aromatic rings. The molecular formula is C19H22N2O5S2. The van der Waals surface area contributed by atoms with Gasteiger partial charge in [0, 0.05) is 18.8 Å². The summed E-state index contributed by atoms with van der Waals surface area (Å²) in [5, 5.41) is 1.60. The van der Waals surface area contributed by atoms with Gasteiger partial charge in [0.1, 0.15) is 9.77 Å². The number of nitrogens with one attached hydrogen (secondary N) is 1. The van der Waals surface area contributed by atoms with Crippen molar-refractivity contribution in [2.75, 3.05) is 24.9 Å². The number of hydrogen-bond acceptors (Lipinski definition) is 6. The van der Waals surface area contributed by atoms with E-state index in [0.717, 1.165) is 16.9 Å².